The van der Waals surface area contributed by atoms with Crippen molar-refractivity contribution < 1.29 is 13.2 Å². The van der Waals surface area contributed by atoms with Crippen molar-refractivity contribution in [2.75, 3.05) is 33.3 Å². The van der Waals surface area contributed by atoms with E-state index in [0.29, 0.717) is 24.5 Å². The summed E-state index contributed by atoms with van der Waals surface area (Å²) in [6.45, 7) is 6.78. The Morgan fingerprint density at radius 2 is 2.10 bits per heavy atom. The maximum Gasteiger partial charge on any atom is 0.240 e. The molecule has 1 heterocycles. The molecule has 1 saturated heterocycles. The summed E-state index contributed by atoms with van der Waals surface area (Å²) in [5.74, 6) is 0. The highest BCUT2D eigenvalue weighted by Gasteiger charge is 2.19. The van der Waals surface area contributed by atoms with Gasteiger partial charge in [-0.3, -0.25) is 0 Å². The van der Waals surface area contributed by atoms with Crippen LogP contribution in [0.1, 0.15) is 17.5 Å². The minimum absolute atomic E-state index is 0.103. The van der Waals surface area contributed by atoms with E-state index in [1.807, 2.05) is 19.9 Å². The van der Waals surface area contributed by atoms with Gasteiger partial charge in [0.25, 0.3) is 0 Å². The van der Waals surface area contributed by atoms with Crippen LogP contribution >= 0.6 is 0 Å². The van der Waals surface area contributed by atoms with Crippen LogP contribution in [0.15, 0.2) is 23.1 Å². The van der Waals surface area contributed by atoms with Crippen molar-refractivity contribution in [2.45, 2.75) is 31.3 Å². The average molecular weight is 312 g/mol. The van der Waals surface area contributed by atoms with Crippen LogP contribution in [0.2, 0.25) is 0 Å². The number of benzene rings is 1. The lowest BCUT2D eigenvalue weighted by Gasteiger charge is -2.30. The van der Waals surface area contributed by atoms with Crippen LogP contribution in [-0.4, -0.2) is 52.7 Å². The molecule has 1 unspecified atom stereocenters. The van der Waals surface area contributed by atoms with Crippen LogP contribution in [0.3, 0.4) is 0 Å². The number of hydrogen-bond acceptors (Lipinski definition) is 4. The fraction of sp³-hybridized carbons (Fsp3) is 0.600. The Labute approximate surface area is 127 Å². The normalized spacial score (nSPS) is 20.6. The monoisotopic (exact) mass is 312 g/mol. The molecule has 1 fully saturated rings. The van der Waals surface area contributed by atoms with Gasteiger partial charge in [0.1, 0.15) is 0 Å². The molecule has 0 aliphatic carbocycles. The van der Waals surface area contributed by atoms with Gasteiger partial charge in [0, 0.05) is 19.6 Å². The van der Waals surface area contributed by atoms with E-state index in [0.717, 1.165) is 24.2 Å². The molecule has 1 aliphatic heterocycles. The molecular weight excluding hydrogens is 288 g/mol. The predicted molar refractivity (Wildman–Crippen MR) is 83.0 cm³/mol. The molecule has 118 valence electrons. The van der Waals surface area contributed by atoms with Crippen molar-refractivity contribution in [2.24, 2.45) is 0 Å². The number of nitrogens with zero attached hydrogens (tertiary/aromatic N) is 1. The Balaban J connectivity index is 1.90. The first-order valence-corrected chi connectivity index (χ1v) is 8.74. The van der Waals surface area contributed by atoms with E-state index in [2.05, 4.69) is 16.7 Å². The molecular formula is C15H24N2O3S. The minimum atomic E-state index is -3.43. The molecule has 1 aromatic carbocycles. The standard InChI is InChI=1S/C15H24N2O3S/c1-12-4-5-15(10-13(12)2)21(18,19)16-7-6-14-11-17(3)8-9-20-14/h4-5,10,14,16H,6-9,11H2,1-3H3. The number of nitrogens with one attached hydrogen (secondary N) is 1. The van der Waals surface area contributed by atoms with Crippen molar-refractivity contribution in [3.05, 3.63) is 29.3 Å². The second-order valence-corrected chi connectivity index (χ2v) is 7.45. The van der Waals surface area contributed by atoms with Crippen molar-refractivity contribution in [3.8, 4) is 0 Å². The molecule has 1 N–H and O–H groups in total. The van der Waals surface area contributed by atoms with Crippen LogP contribution in [-0.2, 0) is 14.8 Å². The lowest BCUT2D eigenvalue weighted by Crippen LogP contribution is -2.41. The second-order valence-electron chi connectivity index (χ2n) is 5.69. The first-order valence-electron chi connectivity index (χ1n) is 7.25. The molecule has 5 nitrogen and oxygen atoms in total. The highest BCUT2D eigenvalue weighted by Crippen LogP contribution is 2.15. The summed E-state index contributed by atoms with van der Waals surface area (Å²) < 4.78 is 32.8. The molecule has 0 bridgehead atoms. The number of rotatable bonds is 5. The summed E-state index contributed by atoms with van der Waals surface area (Å²) in [6.07, 6.45) is 0.792. The van der Waals surface area contributed by atoms with Gasteiger partial charge in [-0.25, -0.2) is 13.1 Å². The van der Waals surface area contributed by atoms with Crippen molar-refractivity contribution >= 4 is 10.0 Å². The highest BCUT2D eigenvalue weighted by molar-refractivity contribution is 7.89. The molecule has 1 atom stereocenters. The topological polar surface area (TPSA) is 58.6 Å². The van der Waals surface area contributed by atoms with E-state index in [9.17, 15) is 8.42 Å². The van der Waals surface area contributed by atoms with Crippen molar-refractivity contribution in [1.82, 2.24) is 9.62 Å². The van der Waals surface area contributed by atoms with E-state index < -0.39 is 10.0 Å². The molecule has 2 rings (SSSR count). The van der Waals surface area contributed by atoms with Crippen LogP contribution < -0.4 is 4.72 Å². The van der Waals surface area contributed by atoms with Gasteiger partial charge in [0.05, 0.1) is 17.6 Å². The highest BCUT2D eigenvalue weighted by atomic mass is 32.2. The fourth-order valence-electron chi connectivity index (χ4n) is 2.36. The molecule has 0 aromatic heterocycles. The lowest BCUT2D eigenvalue weighted by atomic mass is 10.1. The molecule has 0 spiro atoms. The third-order valence-corrected chi connectivity index (χ3v) is 5.35. The van der Waals surface area contributed by atoms with Gasteiger partial charge < -0.3 is 9.64 Å². The maximum atomic E-state index is 12.2. The SMILES string of the molecule is Cc1ccc(S(=O)(=O)NCCC2CN(C)CCO2)cc1C. The zero-order valence-electron chi connectivity index (χ0n) is 12.9. The van der Waals surface area contributed by atoms with Crippen molar-refractivity contribution in [1.29, 1.82) is 0 Å². The lowest BCUT2D eigenvalue weighted by molar-refractivity contribution is -0.0222. The van der Waals surface area contributed by atoms with Gasteiger partial charge in [-0.2, -0.15) is 0 Å². The van der Waals surface area contributed by atoms with E-state index >= 15 is 0 Å². The zero-order valence-corrected chi connectivity index (χ0v) is 13.7. The summed E-state index contributed by atoms with van der Waals surface area (Å²) in [4.78, 5) is 2.53. The van der Waals surface area contributed by atoms with Gasteiger partial charge >= 0.3 is 0 Å². The predicted octanol–water partition coefficient (Wildman–Crippen LogP) is 1.30. The van der Waals surface area contributed by atoms with E-state index in [4.69, 9.17) is 4.74 Å². The maximum absolute atomic E-state index is 12.2. The van der Waals surface area contributed by atoms with Gasteiger partial charge in [0.15, 0.2) is 0 Å². The molecule has 0 amide bonds. The largest absolute Gasteiger partial charge is 0.376 e. The molecule has 0 saturated carbocycles. The van der Waals surface area contributed by atoms with Crippen LogP contribution in [0.5, 0.6) is 0 Å². The van der Waals surface area contributed by atoms with Crippen LogP contribution in [0.4, 0.5) is 0 Å². The van der Waals surface area contributed by atoms with Gasteiger partial charge in [0.2, 0.25) is 10.0 Å². The average Bonchev–Trinajstić information content (AvgIpc) is 2.41. The van der Waals surface area contributed by atoms with Crippen LogP contribution in [0, 0.1) is 13.8 Å². The van der Waals surface area contributed by atoms with Gasteiger partial charge in [-0.1, -0.05) is 6.07 Å². The number of sulfonamides is 1. The van der Waals surface area contributed by atoms with E-state index in [-0.39, 0.29) is 6.10 Å². The summed E-state index contributed by atoms with van der Waals surface area (Å²) >= 11 is 0. The number of ether oxygens (including phenoxy) is 1. The molecule has 1 aromatic rings. The number of morpholine rings is 1. The molecule has 6 heteroatoms. The zero-order chi connectivity index (χ0) is 15.5. The minimum Gasteiger partial charge on any atom is -0.376 e. The van der Waals surface area contributed by atoms with Crippen LogP contribution in [0.25, 0.3) is 0 Å². The fourth-order valence-corrected chi connectivity index (χ4v) is 3.49. The van der Waals surface area contributed by atoms with Gasteiger partial charge in [-0.15, -0.1) is 0 Å². The summed E-state index contributed by atoms with van der Waals surface area (Å²) in [5.41, 5.74) is 2.07. The summed E-state index contributed by atoms with van der Waals surface area (Å²) in [7, 11) is -1.38. The number of likely N-dealkylation sites (N-methyl/N-ethyl adjacent to an activating group) is 1. The third kappa shape index (κ3) is 4.51. The Morgan fingerprint density at radius 3 is 2.76 bits per heavy atom. The summed E-state index contributed by atoms with van der Waals surface area (Å²) in [6, 6.07) is 5.20. The Bertz CT molecular complexity index is 587. The smallest absolute Gasteiger partial charge is 0.240 e. The second kappa shape index (κ2) is 6.87. The van der Waals surface area contributed by atoms with E-state index in [1.54, 1.807) is 12.1 Å². The van der Waals surface area contributed by atoms with Gasteiger partial charge in [-0.05, 0) is 50.6 Å². The first kappa shape index (κ1) is 16.4. The Kier molecular flexibility index (Phi) is 5.37. The number of aryl methyl sites for hydroxylation is 2. The Hall–Kier alpha value is -0.950. The third-order valence-electron chi connectivity index (χ3n) is 3.89. The van der Waals surface area contributed by atoms with Crippen molar-refractivity contribution in [3.63, 3.8) is 0 Å². The molecule has 1 aliphatic rings. The molecule has 21 heavy (non-hydrogen) atoms. The number of hydrogen-bond donors (Lipinski definition) is 1. The summed E-state index contributed by atoms with van der Waals surface area (Å²) in [5, 5.41) is 0. The first-order chi connectivity index (χ1) is 9.88. The Morgan fingerprint density at radius 1 is 1.33 bits per heavy atom. The van der Waals surface area contributed by atoms with E-state index in [1.165, 1.54) is 0 Å². The quantitative estimate of drug-likeness (QED) is 0.890. The molecule has 0 radical (unpaired) electrons.